The van der Waals surface area contributed by atoms with Gasteiger partial charge in [-0.25, -0.2) is 4.79 Å². The highest BCUT2D eigenvalue weighted by Crippen LogP contribution is 2.25. The maximum absolute atomic E-state index is 12.1. The molecule has 3 aromatic rings. The second-order valence-corrected chi connectivity index (χ2v) is 5.32. The summed E-state index contributed by atoms with van der Waals surface area (Å²) in [5.41, 5.74) is 1.69. The highest BCUT2D eigenvalue weighted by atomic mass is 16.5. The first-order valence-corrected chi connectivity index (χ1v) is 7.83. The van der Waals surface area contributed by atoms with Crippen molar-refractivity contribution in [2.45, 2.75) is 6.54 Å². The molecular weight excluding hydrogens is 316 g/mol. The summed E-state index contributed by atoms with van der Waals surface area (Å²) in [7, 11) is 1.37. The largest absolute Gasteiger partial charge is 0.457 e. The van der Waals surface area contributed by atoms with Gasteiger partial charge in [-0.15, -0.1) is 0 Å². The molecule has 126 valence electrons. The van der Waals surface area contributed by atoms with Gasteiger partial charge in [-0.2, -0.15) is 0 Å². The Morgan fingerprint density at radius 1 is 0.920 bits per heavy atom. The third-order valence-corrected chi connectivity index (χ3v) is 3.61. The van der Waals surface area contributed by atoms with Gasteiger partial charge < -0.3 is 9.47 Å². The first kappa shape index (κ1) is 16.5. The molecule has 0 aliphatic heterocycles. The minimum absolute atomic E-state index is 0.397. The molecular formula is C20H18N2O3. The van der Waals surface area contributed by atoms with E-state index < -0.39 is 6.09 Å². The number of benzene rings is 2. The molecule has 1 heterocycles. The monoisotopic (exact) mass is 334 g/mol. The van der Waals surface area contributed by atoms with E-state index >= 15 is 0 Å². The van der Waals surface area contributed by atoms with Crippen LogP contribution in [-0.2, 0) is 11.3 Å². The number of rotatable bonds is 5. The Morgan fingerprint density at radius 3 is 2.20 bits per heavy atom. The van der Waals surface area contributed by atoms with E-state index in [0.717, 1.165) is 17.0 Å². The lowest BCUT2D eigenvalue weighted by Gasteiger charge is -2.21. The Labute approximate surface area is 146 Å². The molecule has 25 heavy (non-hydrogen) atoms. The van der Waals surface area contributed by atoms with Crippen molar-refractivity contribution in [3.63, 3.8) is 0 Å². The quantitative estimate of drug-likeness (QED) is 0.682. The van der Waals surface area contributed by atoms with Crippen LogP contribution < -0.4 is 9.64 Å². The van der Waals surface area contributed by atoms with E-state index in [1.807, 2.05) is 66.7 Å². The zero-order valence-electron chi connectivity index (χ0n) is 13.8. The molecule has 1 aromatic heterocycles. The highest BCUT2D eigenvalue weighted by Gasteiger charge is 2.16. The van der Waals surface area contributed by atoms with E-state index in [0.29, 0.717) is 12.3 Å². The summed E-state index contributed by atoms with van der Waals surface area (Å²) in [4.78, 5) is 17.7. The SMILES string of the molecule is COC(=O)N(Cc1ccncc1)c1ccc(Oc2ccccc2)cc1. The first-order chi connectivity index (χ1) is 12.3. The molecule has 0 aliphatic rings. The number of hydrogen-bond donors (Lipinski definition) is 0. The number of ether oxygens (including phenoxy) is 2. The molecule has 5 nitrogen and oxygen atoms in total. The van der Waals surface area contributed by atoms with Crippen LogP contribution >= 0.6 is 0 Å². The van der Waals surface area contributed by atoms with E-state index in [1.165, 1.54) is 7.11 Å². The number of carbonyl (C=O) groups is 1. The average molecular weight is 334 g/mol. The van der Waals surface area contributed by atoms with E-state index in [4.69, 9.17) is 9.47 Å². The van der Waals surface area contributed by atoms with E-state index in [1.54, 1.807) is 17.3 Å². The molecule has 0 bridgehead atoms. The van der Waals surface area contributed by atoms with Crippen LogP contribution in [0.1, 0.15) is 5.56 Å². The van der Waals surface area contributed by atoms with E-state index in [-0.39, 0.29) is 0 Å². The zero-order chi connectivity index (χ0) is 17.5. The minimum atomic E-state index is -0.423. The van der Waals surface area contributed by atoms with Gasteiger partial charge in [0.1, 0.15) is 11.5 Å². The van der Waals surface area contributed by atoms with Gasteiger partial charge in [0.25, 0.3) is 0 Å². The molecule has 0 N–H and O–H groups in total. The molecule has 0 spiro atoms. The predicted molar refractivity (Wildman–Crippen MR) is 95.8 cm³/mol. The van der Waals surface area contributed by atoms with Gasteiger partial charge in [-0.1, -0.05) is 18.2 Å². The van der Waals surface area contributed by atoms with Crippen LogP contribution in [0.25, 0.3) is 0 Å². The summed E-state index contributed by atoms with van der Waals surface area (Å²) < 4.78 is 10.7. The fraction of sp³-hybridized carbons (Fsp3) is 0.100. The highest BCUT2D eigenvalue weighted by molar-refractivity contribution is 5.87. The Bertz CT molecular complexity index is 805. The summed E-state index contributed by atoms with van der Waals surface area (Å²) in [5, 5.41) is 0. The Kier molecular flexibility index (Phi) is 5.26. The van der Waals surface area contributed by atoms with Crippen molar-refractivity contribution >= 4 is 11.8 Å². The van der Waals surface area contributed by atoms with Gasteiger partial charge in [0, 0.05) is 18.1 Å². The van der Waals surface area contributed by atoms with Gasteiger partial charge >= 0.3 is 6.09 Å². The lowest BCUT2D eigenvalue weighted by molar-refractivity contribution is 0.178. The van der Waals surface area contributed by atoms with Gasteiger partial charge in [0.05, 0.1) is 13.7 Å². The average Bonchev–Trinajstić information content (AvgIpc) is 2.68. The second kappa shape index (κ2) is 7.97. The van der Waals surface area contributed by atoms with Gasteiger partial charge in [-0.05, 0) is 54.1 Å². The summed E-state index contributed by atoms with van der Waals surface area (Å²) >= 11 is 0. The molecule has 5 heteroatoms. The van der Waals surface area contributed by atoms with Crippen LogP contribution in [0.5, 0.6) is 11.5 Å². The third-order valence-electron chi connectivity index (χ3n) is 3.61. The van der Waals surface area contributed by atoms with Crippen LogP contribution in [0.15, 0.2) is 79.1 Å². The number of hydrogen-bond acceptors (Lipinski definition) is 4. The Hall–Kier alpha value is -3.34. The number of methoxy groups -OCH3 is 1. The standard InChI is InChI=1S/C20H18N2O3/c1-24-20(23)22(15-16-11-13-21-14-12-16)17-7-9-19(10-8-17)25-18-5-3-2-4-6-18/h2-14H,15H2,1H3. The number of pyridine rings is 1. The molecule has 0 saturated carbocycles. The predicted octanol–water partition coefficient (Wildman–Crippen LogP) is 4.65. The number of carbonyl (C=O) groups excluding carboxylic acids is 1. The smallest absolute Gasteiger partial charge is 0.414 e. The van der Waals surface area contributed by atoms with E-state index in [2.05, 4.69) is 4.98 Å². The van der Waals surface area contributed by atoms with Crippen molar-refractivity contribution in [2.24, 2.45) is 0 Å². The van der Waals surface area contributed by atoms with Gasteiger partial charge in [0.15, 0.2) is 0 Å². The number of aromatic nitrogens is 1. The van der Waals surface area contributed by atoms with E-state index in [9.17, 15) is 4.79 Å². The fourth-order valence-corrected chi connectivity index (χ4v) is 2.36. The molecule has 0 saturated heterocycles. The van der Waals surface area contributed by atoms with Crippen LogP contribution in [-0.4, -0.2) is 18.2 Å². The normalized spacial score (nSPS) is 10.1. The molecule has 3 rings (SSSR count). The molecule has 2 aromatic carbocycles. The van der Waals surface area contributed by atoms with Gasteiger partial charge in [-0.3, -0.25) is 9.88 Å². The van der Waals surface area contributed by atoms with Crippen molar-refractivity contribution in [1.29, 1.82) is 0 Å². The zero-order valence-corrected chi connectivity index (χ0v) is 13.8. The lowest BCUT2D eigenvalue weighted by atomic mass is 10.2. The summed E-state index contributed by atoms with van der Waals surface area (Å²) in [6.45, 7) is 0.397. The Morgan fingerprint density at radius 2 is 1.56 bits per heavy atom. The maximum Gasteiger partial charge on any atom is 0.414 e. The number of nitrogens with zero attached hydrogens (tertiary/aromatic N) is 2. The van der Waals surface area contributed by atoms with Crippen molar-refractivity contribution in [3.05, 3.63) is 84.7 Å². The summed E-state index contributed by atoms with van der Waals surface area (Å²) in [5.74, 6) is 1.46. The molecule has 0 aliphatic carbocycles. The summed E-state index contributed by atoms with van der Waals surface area (Å²) in [6.07, 6.45) is 2.97. The number of anilines is 1. The fourth-order valence-electron chi connectivity index (χ4n) is 2.36. The third kappa shape index (κ3) is 4.35. The van der Waals surface area contributed by atoms with Crippen molar-refractivity contribution in [2.75, 3.05) is 12.0 Å². The second-order valence-electron chi connectivity index (χ2n) is 5.32. The van der Waals surface area contributed by atoms with Gasteiger partial charge in [0.2, 0.25) is 0 Å². The molecule has 0 radical (unpaired) electrons. The molecule has 0 fully saturated rings. The lowest BCUT2D eigenvalue weighted by Crippen LogP contribution is -2.30. The number of amides is 1. The first-order valence-electron chi connectivity index (χ1n) is 7.83. The topological polar surface area (TPSA) is 51.7 Å². The van der Waals surface area contributed by atoms with Crippen LogP contribution in [0, 0.1) is 0 Å². The van der Waals surface area contributed by atoms with Crippen LogP contribution in [0.3, 0.4) is 0 Å². The molecule has 0 atom stereocenters. The van der Waals surface area contributed by atoms with Crippen LogP contribution in [0.2, 0.25) is 0 Å². The number of para-hydroxylation sites is 1. The maximum atomic E-state index is 12.1. The van der Waals surface area contributed by atoms with Crippen LogP contribution in [0.4, 0.5) is 10.5 Å². The molecule has 1 amide bonds. The minimum Gasteiger partial charge on any atom is -0.457 e. The Balaban J connectivity index is 1.78. The van der Waals surface area contributed by atoms with Crippen molar-refractivity contribution in [1.82, 2.24) is 4.98 Å². The summed E-state index contributed by atoms with van der Waals surface area (Å²) in [6, 6.07) is 20.6. The van der Waals surface area contributed by atoms with Crippen molar-refractivity contribution < 1.29 is 14.3 Å². The molecule has 0 unspecified atom stereocenters. The van der Waals surface area contributed by atoms with Crippen molar-refractivity contribution in [3.8, 4) is 11.5 Å².